The molecule has 2 aromatic heterocycles. The Hall–Kier alpha value is -3.22. The summed E-state index contributed by atoms with van der Waals surface area (Å²) in [5, 5.41) is 5.99. The molecular formula is C22H25N5O2. The fourth-order valence-corrected chi connectivity index (χ4v) is 3.97. The zero-order valence-corrected chi connectivity index (χ0v) is 16.6. The van der Waals surface area contributed by atoms with Crippen molar-refractivity contribution < 1.29 is 9.59 Å². The predicted molar refractivity (Wildman–Crippen MR) is 110 cm³/mol. The second kappa shape index (κ2) is 8.43. The Morgan fingerprint density at radius 3 is 2.79 bits per heavy atom. The van der Waals surface area contributed by atoms with E-state index in [0.29, 0.717) is 18.8 Å². The van der Waals surface area contributed by atoms with Gasteiger partial charge in [0.15, 0.2) is 0 Å². The average molecular weight is 391 g/mol. The number of carbonyl (C=O) groups is 2. The van der Waals surface area contributed by atoms with Gasteiger partial charge in [-0.05, 0) is 36.8 Å². The fourth-order valence-electron chi connectivity index (χ4n) is 3.97. The highest BCUT2D eigenvalue weighted by Crippen LogP contribution is 2.21. The number of benzene rings is 1. The van der Waals surface area contributed by atoms with Gasteiger partial charge < -0.3 is 9.80 Å². The van der Waals surface area contributed by atoms with E-state index in [1.165, 1.54) is 0 Å². The molecule has 0 bridgehead atoms. The molecule has 7 heteroatoms. The Kier molecular flexibility index (Phi) is 5.55. The summed E-state index contributed by atoms with van der Waals surface area (Å²) in [6.07, 6.45) is 7.66. The minimum atomic E-state index is -0.0666. The van der Waals surface area contributed by atoms with Crippen LogP contribution in [0.2, 0.25) is 0 Å². The number of hydrogen-bond acceptors (Lipinski definition) is 4. The number of hydrogen-bond donors (Lipinski definition) is 0. The second-order valence-electron chi connectivity index (χ2n) is 7.47. The van der Waals surface area contributed by atoms with E-state index in [-0.39, 0.29) is 24.4 Å². The molecular weight excluding hydrogens is 366 g/mol. The minimum Gasteiger partial charge on any atom is -0.341 e. The van der Waals surface area contributed by atoms with Crippen LogP contribution in [-0.4, -0.2) is 62.6 Å². The molecule has 1 fully saturated rings. The van der Waals surface area contributed by atoms with Crippen LogP contribution in [0.1, 0.15) is 29.8 Å². The van der Waals surface area contributed by atoms with Crippen molar-refractivity contribution in [3.05, 3.63) is 60.7 Å². The van der Waals surface area contributed by atoms with Gasteiger partial charge in [0.25, 0.3) is 5.91 Å². The number of amides is 2. The Balaban J connectivity index is 1.43. The van der Waals surface area contributed by atoms with Crippen molar-refractivity contribution >= 4 is 22.6 Å². The van der Waals surface area contributed by atoms with Crippen molar-refractivity contribution in [3.63, 3.8) is 0 Å². The summed E-state index contributed by atoms with van der Waals surface area (Å²) in [5.41, 5.74) is 0.487. The van der Waals surface area contributed by atoms with Crippen LogP contribution in [0.5, 0.6) is 0 Å². The third kappa shape index (κ3) is 4.13. The van der Waals surface area contributed by atoms with Crippen molar-refractivity contribution in [1.82, 2.24) is 24.6 Å². The lowest BCUT2D eigenvalue weighted by atomic mass is 10.1. The summed E-state index contributed by atoms with van der Waals surface area (Å²) in [4.78, 5) is 33.8. The second-order valence-corrected chi connectivity index (χ2v) is 7.47. The number of fused-ring (bicyclic) bond motifs is 1. The molecule has 3 aromatic rings. The van der Waals surface area contributed by atoms with E-state index < -0.39 is 0 Å². The Bertz CT molecular complexity index is 996. The molecule has 7 nitrogen and oxygen atoms in total. The lowest BCUT2D eigenvalue weighted by Gasteiger charge is -2.27. The van der Waals surface area contributed by atoms with Crippen molar-refractivity contribution in [2.24, 2.45) is 0 Å². The molecule has 0 spiro atoms. The van der Waals surface area contributed by atoms with Crippen LogP contribution < -0.4 is 0 Å². The van der Waals surface area contributed by atoms with Gasteiger partial charge in [-0.1, -0.05) is 24.3 Å². The van der Waals surface area contributed by atoms with E-state index in [0.717, 1.165) is 30.0 Å². The minimum absolute atomic E-state index is 0.0666. The summed E-state index contributed by atoms with van der Waals surface area (Å²) in [7, 11) is 1.84. The molecule has 0 aliphatic carbocycles. The summed E-state index contributed by atoms with van der Waals surface area (Å²) >= 11 is 0. The Morgan fingerprint density at radius 1 is 1.10 bits per heavy atom. The number of pyridine rings is 1. The maximum atomic E-state index is 13.2. The standard InChI is InChI=1S/C22H25N5O2/c1-25(22(29)21-19-8-3-2-6-17(19)9-12-23-21)18-7-4-13-26(15-10-18)20(28)16-27-14-5-11-24-27/h2-3,5-6,8-9,11-12,14,18H,4,7,10,13,15-16H2,1H3/t18-/m0/s1. The average Bonchev–Trinajstić information content (AvgIpc) is 3.13. The van der Waals surface area contributed by atoms with Crippen molar-refractivity contribution in [3.8, 4) is 0 Å². The number of nitrogens with zero attached hydrogens (tertiary/aromatic N) is 5. The molecule has 0 N–H and O–H groups in total. The zero-order valence-electron chi connectivity index (χ0n) is 16.6. The summed E-state index contributed by atoms with van der Waals surface area (Å²) in [5.74, 6) is 0.00201. The van der Waals surface area contributed by atoms with Gasteiger partial charge in [0.05, 0.1) is 0 Å². The first-order valence-electron chi connectivity index (χ1n) is 9.99. The van der Waals surface area contributed by atoms with Crippen LogP contribution in [0.25, 0.3) is 10.8 Å². The number of carbonyl (C=O) groups excluding carboxylic acids is 2. The number of likely N-dealkylation sites (tertiary alicyclic amines) is 1. The molecule has 0 saturated carbocycles. The van der Waals surface area contributed by atoms with E-state index in [9.17, 15) is 9.59 Å². The van der Waals surface area contributed by atoms with Crippen LogP contribution in [0.15, 0.2) is 55.0 Å². The molecule has 2 amide bonds. The van der Waals surface area contributed by atoms with Gasteiger partial charge in [0, 0.05) is 50.2 Å². The third-order valence-electron chi connectivity index (χ3n) is 5.65. The van der Waals surface area contributed by atoms with Crippen molar-refractivity contribution in [2.75, 3.05) is 20.1 Å². The first kappa shape index (κ1) is 19.1. The zero-order chi connectivity index (χ0) is 20.2. The molecule has 1 aliphatic heterocycles. The highest BCUT2D eigenvalue weighted by Gasteiger charge is 2.27. The van der Waals surface area contributed by atoms with E-state index in [4.69, 9.17) is 0 Å². The van der Waals surface area contributed by atoms with Crippen molar-refractivity contribution in [2.45, 2.75) is 31.8 Å². The maximum absolute atomic E-state index is 13.2. The Labute approximate surface area is 169 Å². The maximum Gasteiger partial charge on any atom is 0.273 e. The van der Waals surface area contributed by atoms with Crippen LogP contribution in [-0.2, 0) is 11.3 Å². The SMILES string of the molecule is CN(C(=O)c1nccc2ccccc12)[C@H]1CCCN(C(=O)Cn2cccn2)CC1. The number of aromatic nitrogens is 3. The van der Waals surface area contributed by atoms with Crippen LogP contribution in [0.4, 0.5) is 0 Å². The molecule has 4 rings (SSSR count). The van der Waals surface area contributed by atoms with Gasteiger partial charge in [0.2, 0.25) is 5.91 Å². The molecule has 1 atom stereocenters. The van der Waals surface area contributed by atoms with Crippen molar-refractivity contribution in [1.29, 1.82) is 0 Å². The smallest absolute Gasteiger partial charge is 0.273 e. The normalized spacial score (nSPS) is 17.1. The lowest BCUT2D eigenvalue weighted by molar-refractivity contribution is -0.132. The summed E-state index contributed by atoms with van der Waals surface area (Å²) in [6.45, 7) is 1.61. The highest BCUT2D eigenvalue weighted by atomic mass is 16.2. The largest absolute Gasteiger partial charge is 0.341 e. The number of rotatable bonds is 4. The van der Waals surface area contributed by atoms with Crippen LogP contribution >= 0.6 is 0 Å². The lowest BCUT2D eigenvalue weighted by Crippen LogP contribution is -2.39. The molecule has 0 unspecified atom stereocenters. The first-order valence-corrected chi connectivity index (χ1v) is 9.99. The summed E-state index contributed by atoms with van der Waals surface area (Å²) < 4.78 is 1.65. The van der Waals surface area contributed by atoms with Gasteiger partial charge in [-0.25, -0.2) is 0 Å². The molecule has 0 radical (unpaired) electrons. The predicted octanol–water partition coefficient (Wildman–Crippen LogP) is 2.58. The monoisotopic (exact) mass is 391 g/mol. The highest BCUT2D eigenvalue weighted by molar-refractivity contribution is 6.05. The van der Waals surface area contributed by atoms with Gasteiger partial charge in [-0.2, -0.15) is 5.10 Å². The van der Waals surface area contributed by atoms with E-state index >= 15 is 0 Å². The molecule has 1 saturated heterocycles. The van der Waals surface area contributed by atoms with E-state index in [1.54, 1.807) is 28.2 Å². The van der Waals surface area contributed by atoms with Gasteiger partial charge >= 0.3 is 0 Å². The Morgan fingerprint density at radius 2 is 1.97 bits per heavy atom. The molecule has 1 aliphatic rings. The van der Waals surface area contributed by atoms with Crippen LogP contribution in [0.3, 0.4) is 0 Å². The fraction of sp³-hybridized carbons (Fsp3) is 0.364. The van der Waals surface area contributed by atoms with Gasteiger partial charge in [-0.15, -0.1) is 0 Å². The molecule has 3 heterocycles. The van der Waals surface area contributed by atoms with E-state index in [2.05, 4.69) is 10.1 Å². The topological polar surface area (TPSA) is 71.3 Å². The van der Waals surface area contributed by atoms with Gasteiger partial charge in [-0.3, -0.25) is 19.3 Å². The first-order chi connectivity index (χ1) is 14.1. The third-order valence-corrected chi connectivity index (χ3v) is 5.65. The molecule has 150 valence electrons. The van der Waals surface area contributed by atoms with Gasteiger partial charge in [0.1, 0.15) is 12.2 Å². The molecule has 1 aromatic carbocycles. The van der Waals surface area contributed by atoms with E-state index in [1.807, 2.05) is 48.3 Å². The molecule has 29 heavy (non-hydrogen) atoms. The quantitative estimate of drug-likeness (QED) is 0.685. The van der Waals surface area contributed by atoms with Crippen LogP contribution in [0, 0.1) is 0 Å². The summed E-state index contributed by atoms with van der Waals surface area (Å²) in [6, 6.07) is 11.6.